The predicted molar refractivity (Wildman–Crippen MR) is 135 cm³/mol. The molecule has 2 aromatic carbocycles. The first-order valence-corrected chi connectivity index (χ1v) is 11.9. The summed E-state index contributed by atoms with van der Waals surface area (Å²) >= 11 is 0. The maximum atomic E-state index is 13.7. The Morgan fingerprint density at radius 2 is 1.72 bits per heavy atom. The zero-order chi connectivity index (χ0) is 24.9. The van der Waals surface area contributed by atoms with Gasteiger partial charge in [0.25, 0.3) is 0 Å². The highest BCUT2D eigenvalue weighted by Gasteiger charge is 2.16. The number of benzene rings is 2. The van der Waals surface area contributed by atoms with Gasteiger partial charge in [0.1, 0.15) is 17.5 Å². The van der Waals surface area contributed by atoms with Crippen LogP contribution in [0, 0.1) is 11.6 Å². The quantitative estimate of drug-likeness (QED) is 0.287. The highest BCUT2D eigenvalue weighted by molar-refractivity contribution is 5.78. The number of piperidine rings is 1. The molecule has 0 spiro atoms. The van der Waals surface area contributed by atoms with Crippen LogP contribution >= 0.6 is 0 Å². The van der Waals surface area contributed by atoms with Crippen molar-refractivity contribution in [2.45, 2.75) is 25.3 Å². The topological polar surface area (TPSA) is 99.9 Å². The van der Waals surface area contributed by atoms with Crippen molar-refractivity contribution < 1.29 is 13.9 Å². The Kier molecular flexibility index (Phi) is 7.15. The van der Waals surface area contributed by atoms with Gasteiger partial charge < -0.3 is 21.1 Å². The van der Waals surface area contributed by atoms with Crippen LogP contribution in [0.2, 0.25) is 0 Å². The van der Waals surface area contributed by atoms with E-state index in [1.807, 2.05) is 12.1 Å². The van der Waals surface area contributed by atoms with Crippen LogP contribution in [0.4, 0.5) is 31.9 Å². The lowest BCUT2D eigenvalue weighted by molar-refractivity contribution is 0.269. The fraction of sp³-hybridized carbons (Fsp3) is 0.269. The Morgan fingerprint density at radius 1 is 0.972 bits per heavy atom. The minimum absolute atomic E-state index is 0.0286. The Morgan fingerprint density at radius 3 is 2.44 bits per heavy atom. The van der Waals surface area contributed by atoms with E-state index in [9.17, 15) is 13.9 Å². The summed E-state index contributed by atoms with van der Waals surface area (Å²) in [7, 11) is 0. The summed E-state index contributed by atoms with van der Waals surface area (Å²) in [6, 6.07) is 11.5. The van der Waals surface area contributed by atoms with Crippen molar-refractivity contribution in [1.29, 1.82) is 0 Å². The number of aliphatic hydroxyl groups excluding tert-OH is 1. The molecule has 1 aliphatic heterocycles. The number of anilines is 4. The number of aromatic nitrogens is 4. The number of hydrogen-bond acceptors (Lipinski definition) is 7. The van der Waals surface area contributed by atoms with Gasteiger partial charge in [-0.3, -0.25) is 4.68 Å². The molecule has 0 unspecified atom stereocenters. The molecule has 0 saturated carbocycles. The van der Waals surface area contributed by atoms with E-state index in [1.165, 1.54) is 17.7 Å². The number of halogens is 2. The average Bonchev–Trinajstić information content (AvgIpc) is 3.33. The highest BCUT2D eigenvalue weighted by atomic mass is 19.1. The normalized spacial score (nSPS) is 14.1. The standard InChI is InChI=1S/C26H27F2N7O/c27-20-11-21(28)13-23(12-20)33-26-30-15-24(19-14-31-35(16-19)9-10-36)25(34-26)32-22-3-1-17(2-4-22)18-5-7-29-8-6-18/h1-4,11-16,18,29,36H,5-10H2,(H2,30,32,33,34). The fourth-order valence-corrected chi connectivity index (χ4v) is 4.36. The van der Waals surface area contributed by atoms with Gasteiger partial charge in [-0.05, 0) is 61.7 Å². The Bertz CT molecular complexity index is 1300. The first-order chi connectivity index (χ1) is 17.6. The van der Waals surface area contributed by atoms with Crippen molar-refractivity contribution >= 4 is 23.1 Å². The highest BCUT2D eigenvalue weighted by Crippen LogP contribution is 2.31. The van der Waals surface area contributed by atoms with Crippen LogP contribution < -0.4 is 16.0 Å². The monoisotopic (exact) mass is 491 g/mol. The summed E-state index contributed by atoms with van der Waals surface area (Å²) in [5, 5.41) is 23.1. The number of aliphatic hydroxyl groups is 1. The smallest absolute Gasteiger partial charge is 0.229 e. The number of nitrogens with zero attached hydrogens (tertiary/aromatic N) is 4. The van der Waals surface area contributed by atoms with Gasteiger partial charge in [-0.15, -0.1) is 0 Å². The number of hydrogen-bond donors (Lipinski definition) is 4. The van der Waals surface area contributed by atoms with Gasteiger partial charge in [0.2, 0.25) is 5.95 Å². The predicted octanol–water partition coefficient (Wildman–Crippen LogP) is 4.56. The molecule has 186 valence electrons. The van der Waals surface area contributed by atoms with Gasteiger partial charge in [-0.1, -0.05) is 12.1 Å². The van der Waals surface area contributed by atoms with Crippen molar-refractivity contribution in [3.63, 3.8) is 0 Å². The summed E-state index contributed by atoms with van der Waals surface area (Å²) in [6.07, 6.45) is 7.34. The number of nitrogens with one attached hydrogen (secondary N) is 3. The third-order valence-corrected chi connectivity index (χ3v) is 6.16. The molecule has 0 radical (unpaired) electrons. The molecular formula is C26H27F2N7O. The molecule has 4 N–H and O–H groups in total. The third kappa shape index (κ3) is 5.67. The van der Waals surface area contributed by atoms with E-state index in [-0.39, 0.29) is 18.2 Å². The Labute approximate surface area is 207 Å². The van der Waals surface area contributed by atoms with Crippen LogP contribution in [0.25, 0.3) is 11.1 Å². The molecule has 4 aromatic rings. The van der Waals surface area contributed by atoms with Crippen LogP contribution in [0.3, 0.4) is 0 Å². The lowest BCUT2D eigenvalue weighted by atomic mass is 9.90. The molecule has 2 aromatic heterocycles. The second kappa shape index (κ2) is 10.8. The molecule has 1 fully saturated rings. The summed E-state index contributed by atoms with van der Waals surface area (Å²) in [4.78, 5) is 8.94. The van der Waals surface area contributed by atoms with Gasteiger partial charge in [0.05, 0.1) is 19.3 Å². The molecule has 1 saturated heterocycles. The molecule has 0 bridgehead atoms. The molecule has 0 aliphatic carbocycles. The lowest BCUT2D eigenvalue weighted by Gasteiger charge is -2.23. The number of rotatable bonds is 8. The van der Waals surface area contributed by atoms with Crippen molar-refractivity contribution in [2.75, 3.05) is 30.3 Å². The van der Waals surface area contributed by atoms with E-state index >= 15 is 0 Å². The molecule has 10 heteroatoms. The van der Waals surface area contributed by atoms with E-state index < -0.39 is 11.6 Å². The molecule has 1 aliphatic rings. The van der Waals surface area contributed by atoms with Crippen LogP contribution in [0.15, 0.2) is 61.1 Å². The van der Waals surface area contributed by atoms with Crippen molar-refractivity contribution in [3.05, 3.63) is 78.3 Å². The van der Waals surface area contributed by atoms with Crippen molar-refractivity contribution in [3.8, 4) is 11.1 Å². The minimum Gasteiger partial charge on any atom is -0.394 e. The van der Waals surface area contributed by atoms with Crippen LogP contribution in [-0.4, -0.2) is 44.6 Å². The Balaban J connectivity index is 1.44. The summed E-state index contributed by atoms with van der Waals surface area (Å²) in [5.74, 6) is -0.159. The van der Waals surface area contributed by atoms with E-state index in [0.717, 1.165) is 43.2 Å². The average molecular weight is 492 g/mol. The zero-order valence-electron chi connectivity index (χ0n) is 19.6. The molecular weight excluding hydrogens is 464 g/mol. The molecule has 8 nitrogen and oxygen atoms in total. The van der Waals surface area contributed by atoms with Gasteiger partial charge in [-0.2, -0.15) is 10.1 Å². The van der Waals surface area contributed by atoms with Gasteiger partial charge >= 0.3 is 0 Å². The maximum absolute atomic E-state index is 13.7. The maximum Gasteiger partial charge on any atom is 0.229 e. The van der Waals surface area contributed by atoms with Crippen molar-refractivity contribution in [2.24, 2.45) is 0 Å². The molecule has 0 atom stereocenters. The van der Waals surface area contributed by atoms with E-state index in [2.05, 4.69) is 43.1 Å². The first kappa shape index (κ1) is 23.8. The van der Waals surface area contributed by atoms with Crippen molar-refractivity contribution in [1.82, 2.24) is 25.1 Å². The van der Waals surface area contributed by atoms with Gasteiger partial charge in [0, 0.05) is 41.0 Å². The summed E-state index contributed by atoms with van der Waals surface area (Å²) < 4.78 is 28.9. The largest absolute Gasteiger partial charge is 0.394 e. The second-order valence-electron chi connectivity index (χ2n) is 8.73. The minimum atomic E-state index is -0.697. The van der Waals surface area contributed by atoms with Crippen LogP contribution in [0.1, 0.15) is 24.3 Å². The van der Waals surface area contributed by atoms with E-state index in [1.54, 1.807) is 23.3 Å². The van der Waals surface area contributed by atoms with Gasteiger partial charge in [-0.25, -0.2) is 13.8 Å². The fourth-order valence-electron chi connectivity index (χ4n) is 4.36. The lowest BCUT2D eigenvalue weighted by Crippen LogP contribution is -2.26. The van der Waals surface area contributed by atoms with Crippen LogP contribution in [-0.2, 0) is 6.54 Å². The van der Waals surface area contributed by atoms with E-state index in [4.69, 9.17) is 0 Å². The SMILES string of the molecule is OCCn1cc(-c2cnc(Nc3cc(F)cc(F)c3)nc2Nc2ccc(C3CCNCC3)cc2)cn1. The zero-order valence-corrected chi connectivity index (χ0v) is 19.6. The molecule has 0 amide bonds. The Hall–Kier alpha value is -3.89. The summed E-state index contributed by atoms with van der Waals surface area (Å²) in [5.41, 5.74) is 3.82. The summed E-state index contributed by atoms with van der Waals surface area (Å²) in [6.45, 7) is 2.40. The molecule has 36 heavy (non-hydrogen) atoms. The second-order valence-corrected chi connectivity index (χ2v) is 8.73. The first-order valence-electron chi connectivity index (χ1n) is 11.9. The third-order valence-electron chi connectivity index (χ3n) is 6.16. The van der Waals surface area contributed by atoms with E-state index in [0.29, 0.717) is 23.8 Å². The van der Waals surface area contributed by atoms with Gasteiger partial charge in [0.15, 0.2) is 0 Å². The molecule has 5 rings (SSSR count). The van der Waals surface area contributed by atoms with Crippen LogP contribution in [0.5, 0.6) is 0 Å². The molecule has 3 heterocycles.